The van der Waals surface area contributed by atoms with Gasteiger partial charge in [-0.25, -0.2) is 0 Å². The maximum atomic E-state index is 13.1. The maximum Gasteiger partial charge on any atom is 0.305 e. The Kier molecular flexibility index (Phi) is 19.3. The first kappa shape index (κ1) is 48.4. The van der Waals surface area contributed by atoms with Gasteiger partial charge in [-0.15, -0.1) is 0 Å². The van der Waals surface area contributed by atoms with Crippen LogP contribution in [-0.4, -0.2) is 94.2 Å². The summed E-state index contributed by atoms with van der Waals surface area (Å²) in [6.07, 6.45) is -1.68. The first-order valence-electron chi connectivity index (χ1n) is 23.0. The Morgan fingerprint density at radius 1 is 0.615 bits per heavy atom. The van der Waals surface area contributed by atoms with E-state index in [9.17, 15) is 9.59 Å². The summed E-state index contributed by atoms with van der Waals surface area (Å²) in [6.45, 7) is 3.13. The van der Waals surface area contributed by atoms with Crippen molar-refractivity contribution in [2.75, 3.05) is 26.9 Å². The Morgan fingerprint density at radius 3 is 1.86 bits per heavy atom. The number of hydrogen-bond acceptors (Lipinski definition) is 13. The van der Waals surface area contributed by atoms with Crippen LogP contribution in [0.1, 0.15) is 86.8 Å². The first-order valence-corrected chi connectivity index (χ1v) is 23.0. The van der Waals surface area contributed by atoms with Gasteiger partial charge in [-0.2, -0.15) is 0 Å². The van der Waals surface area contributed by atoms with Gasteiger partial charge < -0.3 is 52.1 Å². The van der Waals surface area contributed by atoms with Crippen LogP contribution in [-0.2, 0) is 81.5 Å². The van der Waals surface area contributed by atoms with Crippen molar-refractivity contribution in [2.24, 2.45) is 0 Å². The minimum absolute atomic E-state index is 0.166. The normalized spacial score (nSPS) is 26.5. The van der Waals surface area contributed by atoms with Crippen molar-refractivity contribution in [3.63, 3.8) is 0 Å². The third kappa shape index (κ3) is 15.0. The fourth-order valence-electron chi connectivity index (χ4n) is 8.35. The highest BCUT2D eigenvalue weighted by Gasteiger charge is 2.55. The molecule has 350 valence electrons. The number of hydrogen-bond donors (Lipinski definition) is 0. The zero-order valence-electron chi connectivity index (χ0n) is 37.5. The molecule has 3 aliphatic heterocycles. The van der Waals surface area contributed by atoms with Gasteiger partial charge in [-0.3, -0.25) is 9.59 Å². The van der Waals surface area contributed by atoms with E-state index in [0.717, 1.165) is 60.8 Å². The number of methoxy groups -OCH3 is 1. The van der Waals surface area contributed by atoms with Crippen molar-refractivity contribution >= 4 is 11.9 Å². The predicted molar refractivity (Wildman–Crippen MR) is 239 cm³/mol. The monoisotopic (exact) mass is 896 g/mol. The highest BCUT2D eigenvalue weighted by atomic mass is 16.8. The molecule has 0 saturated carbocycles. The quantitative estimate of drug-likeness (QED) is 0.0492. The molecule has 0 spiro atoms. The summed E-state index contributed by atoms with van der Waals surface area (Å²) in [5.74, 6) is -0.699. The number of esters is 2. The summed E-state index contributed by atoms with van der Waals surface area (Å²) in [7, 11) is 1.41. The fraction of sp³-hybridized carbons (Fsp3) is 0.500. The molecule has 7 rings (SSSR count). The molecule has 13 nitrogen and oxygen atoms in total. The summed E-state index contributed by atoms with van der Waals surface area (Å²) < 4.78 is 70.8. The van der Waals surface area contributed by atoms with Crippen molar-refractivity contribution in [3.05, 3.63) is 144 Å². The van der Waals surface area contributed by atoms with Gasteiger partial charge in [0.1, 0.15) is 18.3 Å². The van der Waals surface area contributed by atoms with Gasteiger partial charge >= 0.3 is 11.9 Å². The number of ether oxygens (including phenoxy) is 11. The molecule has 10 atom stereocenters. The number of benzene rings is 4. The predicted octanol–water partition coefficient (Wildman–Crippen LogP) is 8.57. The minimum Gasteiger partial charge on any atom is -0.469 e. The molecule has 4 aromatic carbocycles. The van der Waals surface area contributed by atoms with E-state index in [2.05, 4.69) is 0 Å². The Bertz CT molecular complexity index is 1950. The zero-order chi connectivity index (χ0) is 45.1. The van der Waals surface area contributed by atoms with Gasteiger partial charge in [-0.1, -0.05) is 147 Å². The number of carbonyl (C=O) groups is 2. The average molecular weight is 897 g/mol. The lowest BCUT2D eigenvalue weighted by molar-refractivity contribution is -0.392. The number of rotatable bonds is 24. The van der Waals surface area contributed by atoms with E-state index in [4.69, 9.17) is 52.1 Å². The second-order valence-electron chi connectivity index (χ2n) is 16.7. The molecule has 0 bridgehead atoms. The Labute approximate surface area is 382 Å². The molecular formula is C52H64O13. The summed E-state index contributed by atoms with van der Waals surface area (Å²) >= 11 is 0. The van der Waals surface area contributed by atoms with Crippen LogP contribution in [0, 0.1) is 0 Å². The Hall–Kier alpha value is -4.54. The summed E-state index contributed by atoms with van der Waals surface area (Å²) in [6, 6.07) is 39.5. The molecule has 3 fully saturated rings. The van der Waals surface area contributed by atoms with Crippen LogP contribution >= 0.6 is 0 Å². The lowest BCUT2D eigenvalue weighted by atomic mass is 9.96. The van der Waals surface area contributed by atoms with E-state index in [-0.39, 0.29) is 25.8 Å². The molecule has 0 aromatic heterocycles. The Morgan fingerprint density at radius 2 is 1.22 bits per heavy atom. The summed E-state index contributed by atoms with van der Waals surface area (Å²) in [4.78, 5) is 24.6. The molecule has 3 heterocycles. The topological polar surface area (TPSA) is 136 Å². The number of fused-ring (bicyclic) bond motifs is 1. The standard InChI is InChI=1S/C52H64O13/c1-37(53)61-48-46-44(36-60-50(64-46)41-27-17-10-18-28-41)63-51(57-30-20-6-4-3-5-19-29-45(54)55-2)49(48)65-52-47(59-34-40-25-15-9-16-26-40)43(58-33-39-23-13-8-14-24-39)31-42(62-52)35-56-32-38-21-11-7-12-22-38/h7-18,21-28,42-44,46-52H,3-6,19-20,29-36H2,1-2H3/t42-,43-,44+,46+,47+,48-,49+,50?,51-,52+/m0/s1. The lowest BCUT2D eigenvalue weighted by Gasteiger charge is -2.50. The average Bonchev–Trinajstić information content (AvgIpc) is 3.34. The molecule has 4 aromatic rings. The third-order valence-corrected chi connectivity index (χ3v) is 11.7. The van der Waals surface area contributed by atoms with Gasteiger partial charge in [0, 0.05) is 31.9 Å². The smallest absolute Gasteiger partial charge is 0.305 e. The number of unbranched alkanes of at least 4 members (excludes halogenated alkanes) is 5. The molecule has 0 radical (unpaired) electrons. The van der Waals surface area contributed by atoms with E-state index in [1.165, 1.54) is 14.0 Å². The SMILES string of the molecule is COC(=O)CCCCCCCCO[C@H]1O[C@@H]2COC(c3ccccc3)O[C@H]2[C@H](OC(C)=O)[C@H]1O[C@H]1O[C@H](COCc2ccccc2)C[C@H](OCc2ccccc2)[C@H]1OCc1ccccc1. The third-order valence-electron chi connectivity index (χ3n) is 11.7. The van der Waals surface area contributed by atoms with Crippen LogP contribution in [0.2, 0.25) is 0 Å². The highest BCUT2D eigenvalue weighted by Crippen LogP contribution is 2.39. The van der Waals surface area contributed by atoms with Crippen LogP contribution in [0.15, 0.2) is 121 Å². The summed E-state index contributed by atoms with van der Waals surface area (Å²) in [5.41, 5.74) is 3.83. The van der Waals surface area contributed by atoms with Crippen LogP contribution in [0.3, 0.4) is 0 Å². The Balaban J connectivity index is 1.14. The van der Waals surface area contributed by atoms with E-state index in [1.54, 1.807) is 0 Å². The largest absolute Gasteiger partial charge is 0.469 e. The fourth-order valence-corrected chi connectivity index (χ4v) is 8.35. The molecule has 3 aliphatic rings. The van der Waals surface area contributed by atoms with Gasteiger partial charge in [0.05, 0.1) is 52.4 Å². The molecule has 13 heteroatoms. The van der Waals surface area contributed by atoms with Gasteiger partial charge in [0.25, 0.3) is 0 Å². The van der Waals surface area contributed by atoms with Gasteiger partial charge in [0.15, 0.2) is 31.1 Å². The van der Waals surface area contributed by atoms with Crippen LogP contribution in [0.4, 0.5) is 0 Å². The zero-order valence-corrected chi connectivity index (χ0v) is 37.5. The maximum absolute atomic E-state index is 13.1. The van der Waals surface area contributed by atoms with Crippen molar-refractivity contribution in [2.45, 2.75) is 140 Å². The minimum atomic E-state index is -1.05. The van der Waals surface area contributed by atoms with E-state index in [1.807, 2.05) is 121 Å². The van der Waals surface area contributed by atoms with E-state index < -0.39 is 67.6 Å². The summed E-state index contributed by atoms with van der Waals surface area (Å²) in [5, 5.41) is 0. The van der Waals surface area contributed by atoms with Crippen LogP contribution in [0.25, 0.3) is 0 Å². The number of carbonyl (C=O) groups excluding carboxylic acids is 2. The van der Waals surface area contributed by atoms with E-state index >= 15 is 0 Å². The lowest BCUT2D eigenvalue weighted by Crippen LogP contribution is -2.66. The van der Waals surface area contributed by atoms with E-state index in [0.29, 0.717) is 32.7 Å². The molecule has 0 amide bonds. The van der Waals surface area contributed by atoms with Crippen molar-refractivity contribution in [1.29, 1.82) is 0 Å². The van der Waals surface area contributed by atoms with Crippen molar-refractivity contribution in [1.82, 2.24) is 0 Å². The van der Waals surface area contributed by atoms with Gasteiger partial charge in [0.2, 0.25) is 0 Å². The highest BCUT2D eigenvalue weighted by molar-refractivity contribution is 5.69. The van der Waals surface area contributed by atoms with Crippen molar-refractivity contribution in [3.8, 4) is 0 Å². The second kappa shape index (κ2) is 26.0. The molecule has 3 saturated heterocycles. The molecule has 1 unspecified atom stereocenters. The van der Waals surface area contributed by atoms with Gasteiger partial charge in [-0.05, 0) is 29.5 Å². The first-order chi connectivity index (χ1) is 31.9. The molecule has 0 aliphatic carbocycles. The molecular weight excluding hydrogens is 833 g/mol. The van der Waals surface area contributed by atoms with Crippen molar-refractivity contribution < 1.29 is 61.7 Å². The molecule has 65 heavy (non-hydrogen) atoms. The van der Waals surface area contributed by atoms with Crippen LogP contribution < -0.4 is 0 Å². The second-order valence-corrected chi connectivity index (χ2v) is 16.7. The van der Waals surface area contributed by atoms with Crippen LogP contribution in [0.5, 0.6) is 0 Å². The molecule has 0 N–H and O–H groups in total.